The summed E-state index contributed by atoms with van der Waals surface area (Å²) in [4.78, 5) is 11.0. The molecule has 0 saturated heterocycles. The molecule has 0 aliphatic rings. The number of nitrogens with one attached hydrogen (secondary N) is 1. The molecule has 0 aliphatic heterocycles. The minimum Gasteiger partial charge on any atom is -0.466 e. The summed E-state index contributed by atoms with van der Waals surface area (Å²) in [5, 5.41) is 12.5. The van der Waals surface area contributed by atoms with Crippen molar-refractivity contribution >= 4 is 5.97 Å². The van der Waals surface area contributed by atoms with E-state index >= 15 is 0 Å². The lowest BCUT2D eigenvalue weighted by atomic mass is 10.2. The molecule has 0 aromatic carbocycles. The van der Waals surface area contributed by atoms with E-state index in [1.54, 1.807) is 6.92 Å². The van der Waals surface area contributed by atoms with Gasteiger partial charge in [-0.2, -0.15) is 0 Å². The number of carbonyl (C=O) groups is 1. The van der Waals surface area contributed by atoms with Crippen LogP contribution >= 0.6 is 0 Å². The van der Waals surface area contributed by atoms with Gasteiger partial charge in [0.2, 0.25) is 0 Å². The first-order valence-electron chi connectivity index (χ1n) is 5.82. The number of hydrogen-bond donors (Lipinski definition) is 2. The van der Waals surface area contributed by atoms with Crippen molar-refractivity contribution in [1.82, 2.24) is 5.32 Å². The molecule has 0 spiro atoms. The molecule has 2 N–H and O–H groups in total. The normalized spacial score (nSPS) is 12.2. The zero-order chi connectivity index (χ0) is 13.1. The van der Waals surface area contributed by atoms with Gasteiger partial charge in [-0.3, -0.25) is 4.79 Å². The van der Waals surface area contributed by atoms with Crippen molar-refractivity contribution in [3.05, 3.63) is 12.2 Å². The highest BCUT2D eigenvalue weighted by atomic mass is 16.5. The Hall–Kier alpha value is -0.910. The third kappa shape index (κ3) is 11.4. The maximum Gasteiger partial charge on any atom is 0.308 e. The second kappa shape index (κ2) is 10.3. The minimum atomic E-state index is -0.713. The molecule has 0 radical (unpaired) electrons. The van der Waals surface area contributed by atoms with Gasteiger partial charge in [0.25, 0.3) is 0 Å². The highest BCUT2D eigenvalue weighted by molar-refractivity contribution is 5.69. The first-order chi connectivity index (χ1) is 8.06. The summed E-state index contributed by atoms with van der Waals surface area (Å²) >= 11 is 0. The SMILES string of the molecule is C=C(C)COCCNCC(O)CC(=O)OCC. The fraction of sp³-hybridized carbons (Fsp3) is 0.750. The Morgan fingerprint density at radius 1 is 1.53 bits per heavy atom. The smallest absolute Gasteiger partial charge is 0.308 e. The van der Waals surface area contributed by atoms with Gasteiger partial charge in [0.1, 0.15) is 0 Å². The molecule has 5 heteroatoms. The second-order valence-electron chi connectivity index (χ2n) is 3.88. The van der Waals surface area contributed by atoms with Crippen LogP contribution in [0.4, 0.5) is 0 Å². The first kappa shape index (κ1) is 16.1. The summed E-state index contributed by atoms with van der Waals surface area (Å²) in [6.45, 7) is 9.78. The molecule has 0 aliphatic carbocycles. The molecule has 0 aromatic heterocycles. The van der Waals surface area contributed by atoms with Crippen LogP contribution in [0.3, 0.4) is 0 Å². The Morgan fingerprint density at radius 3 is 2.82 bits per heavy atom. The molecule has 1 atom stereocenters. The first-order valence-corrected chi connectivity index (χ1v) is 5.82. The van der Waals surface area contributed by atoms with Crippen molar-refractivity contribution in [2.24, 2.45) is 0 Å². The number of rotatable bonds is 10. The van der Waals surface area contributed by atoms with Crippen LogP contribution < -0.4 is 5.32 Å². The van der Waals surface area contributed by atoms with E-state index in [1.165, 1.54) is 0 Å². The predicted octanol–water partition coefficient (Wildman–Crippen LogP) is 0.483. The highest BCUT2D eigenvalue weighted by Gasteiger charge is 2.10. The van der Waals surface area contributed by atoms with Gasteiger partial charge >= 0.3 is 5.97 Å². The highest BCUT2D eigenvalue weighted by Crippen LogP contribution is 1.93. The molecule has 1 unspecified atom stereocenters. The van der Waals surface area contributed by atoms with Crippen LogP contribution in [0.5, 0.6) is 0 Å². The molecular weight excluding hydrogens is 222 g/mol. The Kier molecular flexibility index (Phi) is 9.71. The monoisotopic (exact) mass is 245 g/mol. The summed E-state index contributed by atoms with van der Waals surface area (Å²) in [6, 6.07) is 0. The average molecular weight is 245 g/mol. The molecule has 17 heavy (non-hydrogen) atoms. The molecule has 100 valence electrons. The zero-order valence-electron chi connectivity index (χ0n) is 10.7. The summed E-state index contributed by atoms with van der Waals surface area (Å²) in [6.07, 6.45) is -0.691. The minimum absolute atomic E-state index is 0.0213. The van der Waals surface area contributed by atoms with Gasteiger partial charge in [-0.1, -0.05) is 12.2 Å². The van der Waals surface area contributed by atoms with Gasteiger partial charge in [0, 0.05) is 13.1 Å². The third-order valence-electron chi connectivity index (χ3n) is 1.86. The predicted molar refractivity (Wildman–Crippen MR) is 65.8 cm³/mol. The largest absolute Gasteiger partial charge is 0.466 e. The molecular formula is C12H23NO4. The molecule has 5 nitrogen and oxygen atoms in total. The maximum absolute atomic E-state index is 11.0. The summed E-state index contributed by atoms with van der Waals surface area (Å²) in [5.41, 5.74) is 0.979. The van der Waals surface area contributed by atoms with Crippen molar-refractivity contribution in [3.63, 3.8) is 0 Å². The molecule has 0 heterocycles. The molecule has 0 fully saturated rings. The Morgan fingerprint density at radius 2 is 2.24 bits per heavy atom. The lowest BCUT2D eigenvalue weighted by Crippen LogP contribution is -2.31. The number of carbonyl (C=O) groups excluding carboxylic acids is 1. The number of ether oxygens (including phenoxy) is 2. The van der Waals surface area contributed by atoms with E-state index in [4.69, 9.17) is 9.47 Å². The van der Waals surface area contributed by atoms with Crippen LogP contribution in [-0.4, -0.2) is 50.1 Å². The van der Waals surface area contributed by atoms with E-state index in [0.717, 1.165) is 5.57 Å². The molecule has 0 rings (SSSR count). The van der Waals surface area contributed by atoms with Crippen LogP contribution in [0.1, 0.15) is 20.3 Å². The van der Waals surface area contributed by atoms with Crippen molar-refractivity contribution in [2.75, 3.05) is 32.9 Å². The summed E-state index contributed by atoms with van der Waals surface area (Å²) in [5.74, 6) is -0.375. The number of esters is 1. The van der Waals surface area contributed by atoms with E-state index in [-0.39, 0.29) is 12.4 Å². The fourth-order valence-electron chi connectivity index (χ4n) is 1.14. The average Bonchev–Trinajstić information content (AvgIpc) is 2.23. The second-order valence-corrected chi connectivity index (χ2v) is 3.88. The Labute approximate surface area is 103 Å². The van der Waals surface area contributed by atoms with Gasteiger partial charge < -0.3 is 19.9 Å². The van der Waals surface area contributed by atoms with Gasteiger partial charge in [0.05, 0.1) is 32.3 Å². The Balaban J connectivity index is 3.35. The molecule has 0 bridgehead atoms. The van der Waals surface area contributed by atoms with Gasteiger partial charge in [-0.05, 0) is 13.8 Å². The van der Waals surface area contributed by atoms with Crippen molar-refractivity contribution in [3.8, 4) is 0 Å². The number of aliphatic hydroxyl groups is 1. The van der Waals surface area contributed by atoms with Crippen LogP contribution in [0.15, 0.2) is 12.2 Å². The van der Waals surface area contributed by atoms with E-state index in [2.05, 4.69) is 11.9 Å². The van der Waals surface area contributed by atoms with Crippen LogP contribution in [-0.2, 0) is 14.3 Å². The lowest BCUT2D eigenvalue weighted by molar-refractivity contribution is -0.145. The van der Waals surface area contributed by atoms with Crippen molar-refractivity contribution in [1.29, 1.82) is 0 Å². The van der Waals surface area contributed by atoms with Crippen LogP contribution in [0, 0.1) is 0 Å². The molecule has 0 amide bonds. The maximum atomic E-state index is 11.0. The number of aliphatic hydroxyl groups excluding tert-OH is 1. The standard InChI is InChI=1S/C12H23NO4/c1-4-17-12(15)7-11(14)8-13-5-6-16-9-10(2)3/h11,13-14H,2,4-9H2,1,3H3. The lowest BCUT2D eigenvalue weighted by Gasteiger charge is -2.11. The number of hydrogen-bond acceptors (Lipinski definition) is 5. The van der Waals surface area contributed by atoms with E-state index < -0.39 is 6.10 Å². The quantitative estimate of drug-likeness (QED) is 0.333. The van der Waals surface area contributed by atoms with Crippen LogP contribution in [0.25, 0.3) is 0 Å². The summed E-state index contributed by atoms with van der Waals surface area (Å²) < 4.78 is 9.98. The molecule has 0 saturated carbocycles. The summed E-state index contributed by atoms with van der Waals surface area (Å²) in [7, 11) is 0. The van der Waals surface area contributed by atoms with Gasteiger partial charge in [-0.15, -0.1) is 0 Å². The topological polar surface area (TPSA) is 67.8 Å². The fourth-order valence-corrected chi connectivity index (χ4v) is 1.14. The Bertz CT molecular complexity index is 231. The van der Waals surface area contributed by atoms with E-state index in [0.29, 0.717) is 32.9 Å². The van der Waals surface area contributed by atoms with E-state index in [9.17, 15) is 9.90 Å². The van der Waals surface area contributed by atoms with E-state index in [1.807, 2.05) is 6.92 Å². The van der Waals surface area contributed by atoms with Crippen LogP contribution in [0.2, 0.25) is 0 Å². The van der Waals surface area contributed by atoms with Crippen molar-refractivity contribution in [2.45, 2.75) is 26.4 Å². The zero-order valence-corrected chi connectivity index (χ0v) is 10.7. The molecule has 0 aromatic rings. The third-order valence-corrected chi connectivity index (χ3v) is 1.86. The van der Waals surface area contributed by atoms with Crippen molar-refractivity contribution < 1.29 is 19.4 Å². The van der Waals surface area contributed by atoms with Gasteiger partial charge in [0.15, 0.2) is 0 Å². The van der Waals surface area contributed by atoms with Gasteiger partial charge in [-0.25, -0.2) is 0 Å².